The number of nitrogens with one attached hydrogen (secondary N) is 1. The van der Waals surface area contributed by atoms with E-state index in [1.165, 1.54) is 0 Å². The van der Waals surface area contributed by atoms with Crippen molar-refractivity contribution < 1.29 is 9.59 Å². The van der Waals surface area contributed by atoms with Crippen molar-refractivity contribution in [1.29, 1.82) is 0 Å². The van der Waals surface area contributed by atoms with Crippen molar-refractivity contribution in [3.05, 3.63) is 30.3 Å². The summed E-state index contributed by atoms with van der Waals surface area (Å²) in [5, 5.41) is 3.83. The molecular weight excluding hydrogens is 230 g/mol. The van der Waals surface area contributed by atoms with Gasteiger partial charge in [0.15, 0.2) is 0 Å². The van der Waals surface area contributed by atoms with Crippen LogP contribution in [0.5, 0.6) is 0 Å². The third kappa shape index (κ3) is 2.56. The van der Waals surface area contributed by atoms with Gasteiger partial charge in [0.05, 0.1) is 0 Å². The third-order valence-electron chi connectivity index (χ3n) is 2.78. The zero-order valence-electron chi connectivity index (χ0n) is 10.2. The first-order chi connectivity index (χ1) is 8.72. The molecule has 1 aromatic carbocycles. The number of nitrogens with zero attached hydrogens (tertiary/aromatic N) is 2. The molecule has 0 aromatic heterocycles. The summed E-state index contributed by atoms with van der Waals surface area (Å²) in [6.45, 7) is 2.47. The van der Waals surface area contributed by atoms with Crippen molar-refractivity contribution in [1.82, 2.24) is 5.43 Å². The second-order valence-electron chi connectivity index (χ2n) is 3.98. The van der Waals surface area contributed by atoms with Crippen LogP contribution in [0.25, 0.3) is 0 Å². The van der Waals surface area contributed by atoms with Gasteiger partial charge in [-0.1, -0.05) is 18.2 Å². The van der Waals surface area contributed by atoms with Crippen LogP contribution < -0.4 is 10.3 Å². The zero-order chi connectivity index (χ0) is 13.0. The van der Waals surface area contributed by atoms with Crippen molar-refractivity contribution in [2.45, 2.75) is 19.8 Å². The number of hydrogen-bond donors (Lipinski definition) is 1. The molecule has 0 radical (unpaired) electrons. The molecule has 0 aliphatic carbocycles. The van der Waals surface area contributed by atoms with Crippen LogP contribution in [-0.2, 0) is 9.59 Å². The molecule has 1 aliphatic rings. The number of benzene rings is 1. The van der Waals surface area contributed by atoms with E-state index in [1.54, 1.807) is 4.90 Å². The lowest BCUT2D eigenvalue weighted by atomic mass is 10.1. The predicted molar refractivity (Wildman–Crippen MR) is 69.3 cm³/mol. The van der Waals surface area contributed by atoms with Gasteiger partial charge in [0.2, 0.25) is 5.91 Å². The smallest absolute Gasteiger partial charge is 0.274 e. The van der Waals surface area contributed by atoms with Crippen LogP contribution in [0.2, 0.25) is 0 Å². The van der Waals surface area contributed by atoms with Crippen LogP contribution in [0.1, 0.15) is 19.8 Å². The molecule has 0 fully saturated rings. The monoisotopic (exact) mass is 245 g/mol. The molecule has 0 saturated heterocycles. The van der Waals surface area contributed by atoms with E-state index in [4.69, 9.17) is 0 Å². The van der Waals surface area contributed by atoms with E-state index in [-0.39, 0.29) is 11.8 Å². The number of hydrogen-bond acceptors (Lipinski definition) is 3. The molecule has 2 amide bonds. The van der Waals surface area contributed by atoms with E-state index in [9.17, 15) is 9.59 Å². The Morgan fingerprint density at radius 1 is 1.33 bits per heavy atom. The Kier molecular flexibility index (Phi) is 3.72. The Hall–Kier alpha value is -2.17. The molecule has 1 heterocycles. The SMILES string of the molecule is CCN(C(=O)C1=NNC(=O)CC1)c1ccccc1. The number of para-hydroxylation sites is 1. The fraction of sp³-hybridized carbons (Fsp3) is 0.308. The highest BCUT2D eigenvalue weighted by Crippen LogP contribution is 2.15. The van der Waals surface area contributed by atoms with Crippen LogP contribution in [0.3, 0.4) is 0 Å². The molecule has 18 heavy (non-hydrogen) atoms. The van der Waals surface area contributed by atoms with Crippen molar-refractivity contribution in [2.24, 2.45) is 5.10 Å². The molecule has 0 bridgehead atoms. The number of carbonyl (C=O) groups excluding carboxylic acids is 2. The average Bonchev–Trinajstić information content (AvgIpc) is 2.41. The van der Waals surface area contributed by atoms with Gasteiger partial charge in [-0.05, 0) is 19.1 Å². The summed E-state index contributed by atoms with van der Waals surface area (Å²) >= 11 is 0. The molecule has 0 atom stereocenters. The van der Waals surface area contributed by atoms with E-state index in [2.05, 4.69) is 10.5 Å². The lowest BCUT2D eigenvalue weighted by Gasteiger charge is -2.22. The quantitative estimate of drug-likeness (QED) is 0.872. The van der Waals surface area contributed by atoms with Crippen molar-refractivity contribution in [3.63, 3.8) is 0 Å². The maximum Gasteiger partial charge on any atom is 0.274 e. The maximum absolute atomic E-state index is 12.3. The molecular formula is C13H15N3O2. The number of hydrazone groups is 1. The van der Waals surface area contributed by atoms with Crippen LogP contribution >= 0.6 is 0 Å². The molecule has 5 nitrogen and oxygen atoms in total. The largest absolute Gasteiger partial charge is 0.308 e. The zero-order valence-corrected chi connectivity index (χ0v) is 10.2. The van der Waals surface area contributed by atoms with Crippen LogP contribution in [0.15, 0.2) is 35.4 Å². The standard InChI is InChI=1S/C13H15N3O2/c1-2-16(10-6-4-3-5-7-10)13(18)11-8-9-12(17)15-14-11/h3-7H,2,8-9H2,1H3,(H,15,17). The third-order valence-corrected chi connectivity index (χ3v) is 2.78. The van der Waals surface area contributed by atoms with E-state index in [1.807, 2.05) is 37.3 Å². The lowest BCUT2D eigenvalue weighted by Crippen LogP contribution is -2.40. The number of anilines is 1. The van der Waals surface area contributed by atoms with E-state index < -0.39 is 0 Å². The predicted octanol–water partition coefficient (Wildman–Crippen LogP) is 1.31. The Bertz CT molecular complexity index is 482. The van der Waals surface area contributed by atoms with Crippen LogP contribution in [0, 0.1) is 0 Å². The van der Waals surface area contributed by atoms with Gasteiger partial charge in [0, 0.05) is 25.1 Å². The van der Waals surface area contributed by atoms with Crippen LogP contribution in [-0.4, -0.2) is 24.1 Å². The topological polar surface area (TPSA) is 61.8 Å². The lowest BCUT2D eigenvalue weighted by molar-refractivity contribution is -0.121. The van der Waals surface area contributed by atoms with Gasteiger partial charge < -0.3 is 4.90 Å². The Morgan fingerprint density at radius 2 is 2.06 bits per heavy atom. The summed E-state index contributed by atoms with van der Waals surface area (Å²) in [6, 6.07) is 9.43. The molecule has 5 heteroatoms. The number of carbonyl (C=O) groups is 2. The minimum absolute atomic E-state index is 0.144. The second kappa shape index (κ2) is 5.44. The highest BCUT2D eigenvalue weighted by molar-refractivity contribution is 6.44. The molecule has 1 aliphatic heterocycles. The Balaban J connectivity index is 2.19. The van der Waals surface area contributed by atoms with E-state index >= 15 is 0 Å². The van der Waals surface area contributed by atoms with E-state index in [0.717, 1.165) is 5.69 Å². The van der Waals surface area contributed by atoms with Crippen molar-refractivity contribution >= 4 is 23.2 Å². The fourth-order valence-corrected chi connectivity index (χ4v) is 1.84. The average molecular weight is 245 g/mol. The van der Waals surface area contributed by atoms with E-state index in [0.29, 0.717) is 25.1 Å². The maximum atomic E-state index is 12.3. The number of amides is 2. The van der Waals surface area contributed by atoms with Crippen molar-refractivity contribution in [2.75, 3.05) is 11.4 Å². The number of rotatable bonds is 3. The molecule has 0 unspecified atom stereocenters. The van der Waals surface area contributed by atoms with Gasteiger partial charge in [-0.3, -0.25) is 9.59 Å². The van der Waals surface area contributed by atoms with Gasteiger partial charge in [-0.2, -0.15) is 5.10 Å². The molecule has 1 aromatic rings. The van der Waals surface area contributed by atoms with Gasteiger partial charge in [-0.25, -0.2) is 5.43 Å². The van der Waals surface area contributed by atoms with Gasteiger partial charge in [0.1, 0.15) is 5.71 Å². The second-order valence-corrected chi connectivity index (χ2v) is 3.98. The molecule has 94 valence electrons. The normalized spacial score (nSPS) is 14.7. The van der Waals surface area contributed by atoms with Gasteiger partial charge in [-0.15, -0.1) is 0 Å². The minimum Gasteiger partial charge on any atom is -0.308 e. The summed E-state index contributed by atoms with van der Waals surface area (Å²) < 4.78 is 0. The highest BCUT2D eigenvalue weighted by Gasteiger charge is 2.23. The summed E-state index contributed by atoms with van der Waals surface area (Å²) in [6.07, 6.45) is 0.713. The molecule has 1 N–H and O–H groups in total. The Morgan fingerprint density at radius 3 is 2.61 bits per heavy atom. The molecule has 0 saturated carbocycles. The summed E-state index contributed by atoms with van der Waals surface area (Å²) in [5.41, 5.74) is 3.59. The summed E-state index contributed by atoms with van der Waals surface area (Å²) in [7, 11) is 0. The van der Waals surface area contributed by atoms with Crippen molar-refractivity contribution in [3.8, 4) is 0 Å². The minimum atomic E-state index is -0.149. The summed E-state index contributed by atoms with van der Waals surface area (Å²) in [4.78, 5) is 24.9. The molecule has 2 rings (SSSR count). The Labute approximate surface area is 105 Å². The first-order valence-corrected chi connectivity index (χ1v) is 5.94. The highest BCUT2D eigenvalue weighted by atomic mass is 16.2. The van der Waals surface area contributed by atoms with Gasteiger partial charge in [0.25, 0.3) is 5.91 Å². The van der Waals surface area contributed by atoms with Gasteiger partial charge >= 0.3 is 0 Å². The first kappa shape index (κ1) is 12.3. The first-order valence-electron chi connectivity index (χ1n) is 5.94. The fourth-order valence-electron chi connectivity index (χ4n) is 1.84. The van der Waals surface area contributed by atoms with Crippen LogP contribution in [0.4, 0.5) is 5.69 Å². The molecule has 0 spiro atoms. The summed E-state index contributed by atoms with van der Waals surface area (Å²) in [5.74, 6) is -0.294.